The van der Waals surface area contributed by atoms with E-state index in [0.29, 0.717) is 12.1 Å². The van der Waals surface area contributed by atoms with Gasteiger partial charge >= 0.3 is 17.8 Å². The number of hydrogen-bond donors (Lipinski definition) is 0. The Labute approximate surface area is 110 Å². The van der Waals surface area contributed by atoms with Crippen LogP contribution in [0.1, 0.15) is 12.0 Å². The number of ether oxygens (including phenoxy) is 2. The molecule has 2 rings (SSSR count). The number of hydrogen-bond acceptors (Lipinski definition) is 5. The van der Waals surface area contributed by atoms with E-state index in [4.69, 9.17) is 4.74 Å². The zero-order valence-electron chi connectivity index (χ0n) is 9.85. The molecular weight excluding hydrogens is 283 g/mol. The number of carbonyl (C=O) groups excluding carboxylic acids is 1. The van der Waals surface area contributed by atoms with Crippen molar-refractivity contribution < 1.29 is 32.4 Å². The van der Waals surface area contributed by atoms with Gasteiger partial charge in [0, 0.05) is 12.5 Å². The summed E-state index contributed by atoms with van der Waals surface area (Å²) in [6.45, 7) is 0.109. The van der Waals surface area contributed by atoms with Crippen LogP contribution in [0.25, 0.3) is 0 Å². The lowest BCUT2D eigenvalue weighted by atomic mass is 10.2. The number of nitrogens with zero attached hydrogens (tertiary/aromatic N) is 1. The van der Waals surface area contributed by atoms with Crippen LogP contribution in [-0.4, -0.2) is 23.6 Å². The molecule has 1 aliphatic heterocycles. The van der Waals surface area contributed by atoms with Gasteiger partial charge in [0.25, 0.3) is 0 Å². The maximum atomic E-state index is 12.5. The molecule has 0 saturated carbocycles. The predicted molar refractivity (Wildman–Crippen MR) is 58.1 cm³/mol. The highest BCUT2D eigenvalue weighted by atomic mass is 19.4. The molecule has 1 atom stereocenters. The Morgan fingerprint density at radius 1 is 1.40 bits per heavy atom. The highest BCUT2D eigenvalue weighted by molar-refractivity contribution is 5.77. The summed E-state index contributed by atoms with van der Waals surface area (Å²) in [5.41, 5.74) is -2.01. The molecule has 1 aliphatic rings. The third-order valence-electron chi connectivity index (χ3n) is 2.64. The standard InChI is InChI=1S/C11H8F3NO5/c12-11(13,14)6-1-2-8(7(5-6)15(17)18)20-9-3-4-19-10(9)16/h1-2,5,9H,3-4H2. The smallest absolute Gasteiger partial charge is 0.416 e. The van der Waals surface area contributed by atoms with Crippen molar-refractivity contribution in [2.45, 2.75) is 18.7 Å². The van der Waals surface area contributed by atoms with Gasteiger partial charge < -0.3 is 9.47 Å². The highest BCUT2D eigenvalue weighted by Crippen LogP contribution is 2.36. The maximum absolute atomic E-state index is 12.5. The van der Waals surface area contributed by atoms with Crippen LogP contribution in [-0.2, 0) is 15.7 Å². The Hall–Kier alpha value is -2.32. The van der Waals surface area contributed by atoms with Gasteiger partial charge in [-0.1, -0.05) is 0 Å². The molecule has 1 aromatic carbocycles. The molecule has 1 saturated heterocycles. The van der Waals surface area contributed by atoms with Gasteiger partial charge in [-0.3, -0.25) is 10.1 Å². The van der Waals surface area contributed by atoms with Gasteiger partial charge in [-0.05, 0) is 12.1 Å². The van der Waals surface area contributed by atoms with E-state index < -0.39 is 40.2 Å². The number of nitro groups is 1. The largest absolute Gasteiger partial charge is 0.471 e. The van der Waals surface area contributed by atoms with E-state index in [1.807, 2.05) is 0 Å². The van der Waals surface area contributed by atoms with Gasteiger partial charge in [-0.25, -0.2) is 4.79 Å². The molecule has 6 nitrogen and oxygen atoms in total. The third kappa shape index (κ3) is 2.81. The van der Waals surface area contributed by atoms with Gasteiger partial charge in [-0.2, -0.15) is 13.2 Å². The van der Waals surface area contributed by atoms with E-state index in [2.05, 4.69) is 4.74 Å². The summed E-state index contributed by atoms with van der Waals surface area (Å²) >= 11 is 0. The fourth-order valence-corrected chi connectivity index (χ4v) is 1.67. The first-order valence-corrected chi connectivity index (χ1v) is 5.48. The van der Waals surface area contributed by atoms with Crippen molar-refractivity contribution in [3.63, 3.8) is 0 Å². The molecule has 1 fully saturated rings. The normalized spacial score (nSPS) is 18.8. The Morgan fingerprint density at radius 2 is 2.10 bits per heavy atom. The number of cyclic esters (lactones) is 1. The first-order valence-electron chi connectivity index (χ1n) is 5.48. The molecule has 0 radical (unpaired) electrons. The number of esters is 1. The van der Waals surface area contributed by atoms with Crippen LogP contribution in [0.15, 0.2) is 18.2 Å². The van der Waals surface area contributed by atoms with E-state index in [1.165, 1.54) is 0 Å². The quantitative estimate of drug-likeness (QED) is 0.485. The fourth-order valence-electron chi connectivity index (χ4n) is 1.67. The van der Waals surface area contributed by atoms with E-state index in [0.717, 1.165) is 6.07 Å². The lowest BCUT2D eigenvalue weighted by Crippen LogP contribution is -2.22. The number of carbonyl (C=O) groups is 1. The van der Waals surface area contributed by atoms with Crippen molar-refractivity contribution in [2.75, 3.05) is 6.61 Å². The Bertz CT molecular complexity index is 557. The van der Waals surface area contributed by atoms with Crippen molar-refractivity contribution in [1.29, 1.82) is 0 Å². The molecule has 1 heterocycles. The summed E-state index contributed by atoms with van der Waals surface area (Å²) < 4.78 is 47.1. The van der Waals surface area contributed by atoms with Crippen molar-refractivity contribution in [3.8, 4) is 5.75 Å². The predicted octanol–water partition coefficient (Wildman–Crippen LogP) is 2.31. The van der Waals surface area contributed by atoms with Gasteiger partial charge in [0.1, 0.15) is 0 Å². The Morgan fingerprint density at radius 3 is 2.60 bits per heavy atom. The Kier molecular flexibility index (Phi) is 3.51. The number of benzene rings is 1. The van der Waals surface area contributed by atoms with E-state index >= 15 is 0 Å². The number of nitro benzene ring substituents is 1. The summed E-state index contributed by atoms with van der Waals surface area (Å²) in [7, 11) is 0. The van der Waals surface area contributed by atoms with Crippen molar-refractivity contribution in [2.24, 2.45) is 0 Å². The van der Waals surface area contributed by atoms with E-state index in [9.17, 15) is 28.1 Å². The van der Waals surface area contributed by atoms with Gasteiger partial charge in [0.05, 0.1) is 17.1 Å². The number of halogens is 3. The molecule has 0 spiro atoms. The second kappa shape index (κ2) is 4.99. The number of alkyl halides is 3. The monoisotopic (exact) mass is 291 g/mol. The Balaban J connectivity index is 2.33. The fraction of sp³-hybridized carbons (Fsp3) is 0.364. The van der Waals surface area contributed by atoms with E-state index in [1.54, 1.807) is 0 Å². The maximum Gasteiger partial charge on any atom is 0.416 e. The SMILES string of the molecule is O=C1OCCC1Oc1ccc(C(F)(F)F)cc1[N+](=O)[O-]. The first-order chi connectivity index (χ1) is 9.29. The molecule has 0 aliphatic carbocycles. The molecule has 20 heavy (non-hydrogen) atoms. The summed E-state index contributed by atoms with van der Waals surface area (Å²) in [6.07, 6.45) is -5.54. The zero-order chi connectivity index (χ0) is 14.9. The molecule has 0 N–H and O–H groups in total. The van der Waals surface area contributed by atoms with Gasteiger partial charge in [-0.15, -0.1) is 0 Å². The van der Waals surface area contributed by atoms with Crippen LogP contribution in [0.3, 0.4) is 0 Å². The van der Waals surface area contributed by atoms with Crippen LogP contribution in [0.2, 0.25) is 0 Å². The van der Waals surface area contributed by atoms with Crippen LogP contribution >= 0.6 is 0 Å². The lowest BCUT2D eigenvalue weighted by molar-refractivity contribution is -0.386. The summed E-state index contributed by atoms with van der Waals surface area (Å²) in [4.78, 5) is 21.0. The van der Waals surface area contributed by atoms with Crippen LogP contribution in [0.5, 0.6) is 5.75 Å². The molecule has 108 valence electrons. The average molecular weight is 291 g/mol. The van der Waals surface area contributed by atoms with Crippen molar-refractivity contribution in [3.05, 3.63) is 33.9 Å². The minimum atomic E-state index is -4.70. The molecule has 0 aromatic heterocycles. The molecule has 9 heteroatoms. The van der Waals surface area contributed by atoms with Gasteiger partial charge in [0.15, 0.2) is 11.9 Å². The van der Waals surface area contributed by atoms with Crippen molar-refractivity contribution in [1.82, 2.24) is 0 Å². The zero-order valence-corrected chi connectivity index (χ0v) is 9.85. The summed E-state index contributed by atoms with van der Waals surface area (Å²) in [6, 6.07) is 1.85. The summed E-state index contributed by atoms with van der Waals surface area (Å²) in [5.74, 6) is -1.09. The second-order valence-corrected chi connectivity index (χ2v) is 4.00. The lowest BCUT2D eigenvalue weighted by Gasteiger charge is -2.12. The molecule has 1 unspecified atom stereocenters. The van der Waals surface area contributed by atoms with Crippen LogP contribution in [0.4, 0.5) is 18.9 Å². The van der Waals surface area contributed by atoms with Crippen LogP contribution < -0.4 is 4.74 Å². The number of rotatable bonds is 3. The van der Waals surface area contributed by atoms with Crippen molar-refractivity contribution >= 4 is 11.7 Å². The average Bonchev–Trinajstić information content (AvgIpc) is 2.74. The minimum Gasteiger partial charge on any atom is -0.471 e. The summed E-state index contributed by atoms with van der Waals surface area (Å²) in [5, 5.41) is 10.8. The van der Waals surface area contributed by atoms with E-state index in [-0.39, 0.29) is 13.0 Å². The minimum absolute atomic E-state index is 0.109. The molecule has 0 amide bonds. The van der Waals surface area contributed by atoms with Crippen LogP contribution in [0, 0.1) is 10.1 Å². The first kappa shape index (κ1) is 14.1. The van der Waals surface area contributed by atoms with Gasteiger partial charge in [0.2, 0.25) is 0 Å². The third-order valence-corrected chi connectivity index (χ3v) is 2.64. The molecule has 0 bridgehead atoms. The molecular formula is C11H8F3NO5. The topological polar surface area (TPSA) is 78.7 Å². The second-order valence-electron chi connectivity index (χ2n) is 4.00. The highest BCUT2D eigenvalue weighted by Gasteiger charge is 2.35. The molecule has 1 aromatic rings.